The quantitative estimate of drug-likeness (QED) is 0.429. The minimum atomic E-state index is 0.298. The maximum atomic E-state index is 6.12. The second-order valence-electron chi connectivity index (χ2n) is 7.15. The van der Waals surface area contributed by atoms with Crippen molar-refractivity contribution in [3.05, 3.63) is 78.9 Å². The molecule has 5 rings (SSSR count). The number of aromatic nitrogens is 1. The van der Waals surface area contributed by atoms with Crippen molar-refractivity contribution in [3.8, 4) is 16.3 Å². The summed E-state index contributed by atoms with van der Waals surface area (Å²) in [6, 6.07) is 27.2. The van der Waals surface area contributed by atoms with Gasteiger partial charge in [0, 0.05) is 37.2 Å². The van der Waals surface area contributed by atoms with Crippen molar-refractivity contribution >= 4 is 27.2 Å². The average molecular weight is 387 g/mol. The Kier molecular flexibility index (Phi) is 4.71. The number of para-hydroxylation sites is 1. The van der Waals surface area contributed by atoms with E-state index in [1.807, 2.05) is 36.4 Å². The Morgan fingerprint density at radius 2 is 1.57 bits per heavy atom. The first-order valence-corrected chi connectivity index (χ1v) is 10.6. The van der Waals surface area contributed by atoms with E-state index in [-0.39, 0.29) is 0 Å². The summed E-state index contributed by atoms with van der Waals surface area (Å²) in [4.78, 5) is 7.33. The molecule has 0 atom stereocenters. The molecular weight excluding hydrogens is 364 g/mol. The second kappa shape index (κ2) is 7.64. The molecule has 1 aromatic heterocycles. The van der Waals surface area contributed by atoms with Gasteiger partial charge in [-0.2, -0.15) is 0 Å². The molecule has 1 aliphatic heterocycles. The van der Waals surface area contributed by atoms with Crippen molar-refractivity contribution in [1.82, 2.24) is 4.98 Å². The maximum Gasteiger partial charge on any atom is 0.124 e. The lowest BCUT2D eigenvalue weighted by atomic mass is 10.1. The van der Waals surface area contributed by atoms with Crippen LogP contribution >= 0.6 is 11.3 Å². The molecular formula is C24H22N2OS. The highest BCUT2D eigenvalue weighted by atomic mass is 32.1. The van der Waals surface area contributed by atoms with Crippen LogP contribution in [0, 0.1) is 0 Å². The molecule has 3 nitrogen and oxygen atoms in total. The second-order valence-corrected chi connectivity index (χ2v) is 8.19. The van der Waals surface area contributed by atoms with Gasteiger partial charge in [0.25, 0.3) is 0 Å². The van der Waals surface area contributed by atoms with Crippen LogP contribution in [0.5, 0.6) is 5.75 Å². The van der Waals surface area contributed by atoms with E-state index in [0.29, 0.717) is 6.10 Å². The number of thiazole rings is 1. The Morgan fingerprint density at radius 1 is 0.857 bits per heavy atom. The molecule has 4 heteroatoms. The van der Waals surface area contributed by atoms with E-state index in [0.717, 1.165) is 42.2 Å². The molecule has 2 heterocycles. The Morgan fingerprint density at radius 3 is 2.32 bits per heavy atom. The Hall–Kier alpha value is -2.85. The molecule has 0 radical (unpaired) electrons. The number of anilines is 1. The van der Waals surface area contributed by atoms with Gasteiger partial charge in [-0.05, 0) is 30.3 Å². The standard InChI is InChI=1S/C24H22N2OS/c1-3-7-18(8-4-1)24-25-22-17-19(11-12-23(22)28-24)26-15-13-21(14-16-26)27-20-9-5-2-6-10-20/h1-12,17,21H,13-16H2. The molecule has 0 aliphatic carbocycles. The molecule has 140 valence electrons. The van der Waals surface area contributed by atoms with E-state index in [1.54, 1.807) is 11.3 Å². The van der Waals surface area contributed by atoms with Gasteiger partial charge >= 0.3 is 0 Å². The highest BCUT2D eigenvalue weighted by Crippen LogP contribution is 2.33. The number of fused-ring (bicyclic) bond motifs is 1. The lowest BCUT2D eigenvalue weighted by Gasteiger charge is -2.33. The highest BCUT2D eigenvalue weighted by Gasteiger charge is 2.21. The van der Waals surface area contributed by atoms with Gasteiger partial charge in [-0.15, -0.1) is 11.3 Å². The fourth-order valence-electron chi connectivity index (χ4n) is 3.74. The minimum Gasteiger partial charge on any atom is -0.490 e. The first kappa shape index (κ1) is 17.3. The van der Waals surface area contributed by atoms with Crippen LogP contribution in [-0.2, 0) is 0 Å². The fraction of sp³-hybridized carbons (Fsp3) is 0.208. The number of rotatable bonds is 4. The molecule has 0 N–H and O–H groups in total. The summed E-state index contributed by atoms with van der Waals surface area (Å²) in [7, 11) is 0. The monoisotopic (exact) mass is 386 g/mol. The largest absolute Gasteiger partial charge is 0.490 e. The summed E-state index contributed by atoms with van der Waals surface area (Å²) in [6.45, 7) is 2.03. The van der Waals surface area contributed by atoms with Crippen molar-refractivity contribution in [3.63, 3.8) is 0 Å². The zero-order valence-electron chi connectivity index (χ0n) is 15.6. The molecule has 1 aliphatic rings. The average Bonchev–Trinajstić information content (AvgIpc) is 3.19. The van der Waals surface area contributed by atoms with Crippen LogP contribution in [0.2, 0.25) is 0 Å². The molecule has 0 amide bonds. The minimum absolute atomic E-state index is 0.298. The number of hydrogen-bond donors (Lipinski definition) is 0. The lowest BCUT2D eigenvalue weighted by molar-refractivity contribution is 0.171. The van der Waals surface area contributed by atoms with E-state index in [9.17, 15) is 0 Å². The molecule has 0 spiro atoms. The van der Waals surface area contributed by atoms with Crippen LogP contribution in [0.4, 0.5) is 5.69 Å². The van der Waals surface area contributed by atoms with E-state index < -0.39 is 0 Å². The molecule has 1 fully saturated rings. The topological polar surface area (TPSA) is 25.4 Å². The van der Waals surface area contributed by atoms with Gasteiger partial charge in [-0.3, -0.25) is 0 Å². The Bertz CT molecular complexity index is 1050. The smallest absolute Gasteiger partial charge is 0.124 e. The third-order valence-electron chi connectivity index (χ3n) is 5.24. The third-order valence-corrected chi connectivity index (χ3v) is 6.33. The predicted octanol–water partition coefficient (Wildman–Crippen LogP) is 6.01. The summed E-state index contributed by atoms with van der Waals surface area (Å²) in [5, 5.41) is 1.09. The van der Waals surface area contributed by atoms with Crippen LogP contribution in [0.1, 0.15) is 12.8 Å². The molecule has 0 saturated carbocycles. The van der Waals surface area contributed by atoms with E-state index >= 15 is 0 Å². The van der Waals surface area contributed by atoms with Crippen LogP contribution in [0.25, 0.3) is 20.8 Å². The molecule has 3 aromatic carbocycles. The summed E-state index contributed by atoms with van der Waals surface area (Å²) in [5.41, 5.74) is 3.53. The van der Waals surface area contributed by atoms with Crippen molar-refractivity contribution in [2.45, 2.75) is 18.9 Å². The molecule has 0 unspecified atom stereocenters. The van der Waals surface area contributed by atoms with Crippen molar-refractivity contribution in [1.29, 1.82) is 0 Å². The molecule has 4 aromatic rings. The first-order valence-electron chi connectivity index (χ1n) is 9.78. The van der Waals surface area contributed by atoms with Crippen LogP contribution in [0.3, 0.4) is 0 Å². The summed E-state index contributed by atoms with van der Waals surface area (Å²) >= 11 is 1.76. The number of nitrogens with zero attached hydrogens (tertiary/aromatic N) is 2. The van der Waals surface area contributed by atoms with Gasteiger partial charge in [-0.1, -0.05) is 48.5 Å². The van der Waals surface area contributed by atoms with Crippen molar-refractivity contribution in [2.75, 3.05) is 18.0 Å². The zero-order valence-corrected chi connectivity index (χ0v) is 16.4. The van der Waals surface area contributed by atoms with Gasteiger partial charge in [0.2, 0.25) is 0 Å². The van der Waals surface area contributed by atoms with E-state index in [2.05, 4.69) is 47.4 Å². The third kappa shape index (κ3) is 3.60. The number of hydrogen-bond acceptors (Lipinski definition) is 4. The summed E-state index contributed by atoms with van der Waals surface area (Å²) < 4.78 is 7.37. The normalized spacial score (nSPS) is 15.1. The van der Waals surface area contributed by atoms with Gasteiger partial charge in [0.15, 0.2) is 0 Å². The van der Waals surface area contributed by atoms with Crippen LogP contribution < -0.4 is 9.64 Å². The Balaban J connectivity index is 1.29. The lowest BCUT2D eigenvalue weighted by Crippen LogP contribution is -2.38. The SMILES string of the molecule is c1ccc(OC2CCN(c3ccc4sc(-c5ccccc5)nc4c3)CC2)cc1. The van der Waals surface area contributed by atoms with E-state index in [4.69, 9.17) is 9.72 Å². The summed E-state index contributed by atoms with van der Waals surface area (Å²) in [6.07, 6.45) is 2.38. The molecule has 28 heavy (non-hydrogen) atoms. The van der Waals surface area contributed by atoms with Crippen LogP contribution in [0.15, 0.2) is 78.9 Å². The van der Waals surface area contributed by atoms with Crippen molar-refractivity contribution in [2.24, 2.45) is 0 Å². The highest BCUT2D eigenvalue weighted by molar-refractivity contribution is 7.21. The molecule has 1 saturated heterocycles. The Labute approximate surface area is 169 Å². The predicted molar refractivity (Wildman–Crippen MR) is 117 cm³/mol. The van der Waals surface area contributed by atoms with Crippen molar-refractivity contribution < 1.29 is 4.74 Å². The number of benzene rings is 3. The van der Waals surface area contributed by atoms with Gasteiger partial charge < -0.3 is 9.64 Å². The van der Waals surface area contributed by atoms with Gasteiger partial charge in [0.05, 0.1) is 10.2 Å². The number of piperidine rings is 1. The zero-order chi connectivity index (χ0) is 18.8. The van der Waals surface area contributed by atoms with E-state index in [1.165, 1.54) is 16.0 Å². The number of ether oxygens (including phenoxy) is 1. The first-order chi connectivity index (χ1) is 13.8. The summed E-state index contributed by atoms with van der Waals surface area (Å²) in [5.74, 6) is 0.971. The van der Waals surface area contributed by atoms with Gasteiger partial charge in [0.1, 0.15) is 16.9 Å². The fourth-order valence-corrected chi connectivity index (χ4v) is 4.69. The van der Waals surface area contributed by atoms with Crippen LogP contribution in [-0.4, -0.2) is 24.2 Å². The van der Waals surface area contributed by atoms with Gasteiger partial charge in [-0.25, -0.2) is 4.98 Å². The maximum absolute atomic E-state index is 6.12. The molecule has 0 bridgehead atoms.